The van der Waals surface area contributed by atoms with E-state index in [2.05, 4.69) is 174 Å². The third-order valence-corrected chi connectivity index (χ3v) is 12.5. The van der Waals surface area contributed by atoms with Crippen LogP contribution < -0.4 is 0 Å². The second-order valence-electron chi connectivity index (χ2n) is 13.1. The van der Waals surface area contributed by atoms with Crippen molar-refractivity contribution in [1.29, 1.82) is 0 Å². The maximum absolute atomic E-state index is 5.11. The Balaban J connectivity index is 1.17. The van der Waals surface area contributed by atoms with E-state index < -0.39 is 0 Å². The molecule has 11 rings (SSSR count). The molecule has 0 atom stereocenters. The summed E-state index contributed by atoms with van der Waals surface area (Å²) in [5.41, 5.74) is 10.1. The van der Waals surface area contributed by atoms with Gasteiger partial charge >= 0.3 is 0 Å². The molecule has 0 fully saturated rings. The number of thiophene rings is 2. The van der Waals surface area contributed by atoms with E-state index in [4.69, 9.17) is 4.98 Å². The van der Waals surface area contributed by atoms with Crippen molar-refractivity contribution in [3.8, 4) is 39.3 Å². The molecule has 0 aliphatic carbocycles. The van der Waals surface area contributed by atoms with Crippen molar-refractivity contribution in [1.82, 2.24) is 9.55 Å². The Kier molecular flexibility index (Phi) is 6.32. The molecule has 11 aromatic rings. The summed E-state index contributed by atoms with van der Waals surface area (Å²) in [6.45, 7) is 0. The molecule has 0 spiro atoms. The Bertz CT molecular complexity index is 3060. The number of hydrogen-bond donors (Lipinski definition) is 0. The molecule has 0 saturated heterocycles. The van der Waals surface area contributed by atoms with Gasteiger partial charge < -0.3 is 4.57 Å². The van der Waals surface area contributed by atoms with Gasteiger partial charge in [0.05, 0.1) is 27.1 Å². The summed E-state index contributed by atoms with van der Waals surface area (Å²) in [5.74, 6) is 0. The first-order valence-electron chi connectivity index (χ1n) is 17.2. The number of aromatic nitrogens is 2. The molecular formula is C47H28N2S2. The zero-order valence-corrected chi connectivity index (χ0v) is 29.0. The highest BCUT2D eigenvalue weighted by Crippen LogP contribution is 2.52. The lowest BCUT2D eigenvalue weighted by Crippen LogP contribution is -1.95. The van der Waals surface area contributed by atoms with Gasteiger partial charge in [0.2, 0.25) is 0 Å². The van der Waals surface area contributed by atoms with Crippen LogP contribution in [0.25, 0.3) is 101 Å². The molecule has 0 radical (unpaired) electrons. The fourth-order valence-electron chi connectivity index (χ4n) is 7.90. The number of nitrogens with zero attached hydrogens (tertiary/aromatic N) is 2. The van der Waals surface area contributed by atoms with E-state index in [0.717, 1.165) is 39.3 Å². The van der Waals surface area contributed by atoms with Gasteiger partial charge in [-0.15, -0.1) is 22.7 Å². The van der Waals surface area contributed by atoms with E-state index in [9.17, 15) is 0 Å². The number of rotatable bonds is 4. The Morgan fingerprint density at radius 3 is 1.53 bits per heavy atom. The minimum atomic E-state index is 0.970. The fourth-order valence-corrected chi connectivity index (χ4v) is 10.4. The summed E-state index contributed by atoms with van der Waals surface area (Å²) >= 11 is 3.84. The molecule has 238 valence electrons. The van der Waals surface area contributed by atoms with Gasteiger partial charge in [-0.3, -0.25) is 0 Å². The lowest BCUT2D eigenvalue weighted by molar-refractivity contribution is 1.19. The molecule has 0 amide bonds. The van der Waals surface area contributed by atoms with Crippen LogP contribution in [0.1, 0.15) is 0 Å². The van der Waals surface area contributed by atoms with Crippen LogP contribution in [0.2, 0.25) is 0 Å². The Hall–Kier alpha value is -6.07. The van der Waals surface area contributed by atoms with Crippen molar-refractivity contribution in [2.45, 2.75) is 0 Å². The topological polar surface area (TPSA) is 17.8 Å². The average molecular weight is 685 g/mol. The summed E-state index contributed by atoms with van der Waals surface area (Å²) in [7, 11) is 0. The first-order chi connectivity index (χ1) is 25.3. The van der Waals surface area contributed by atoms with Gasteiger partial charge in [0, 0.05) is 63.2 Å². The van der Waals surface area contributed by atoms with Crippen LogP contribution in [0.3, 0.4) is 0 Å². The van der Waals surface area contributed by atoms with Crippen LogP contribution in [0.15, 0.2) is 170 Å². The molecule has 0 aliphatic heterocycles. The van der Waals surface area contributed by atoms with E-state index in [1.165, 1.54) is 62.2 Å². The maximum atomic E-state index is 5.11. The van der Waals surface area contributed by atoms with E-state index >= 15 is 0 Å². The number of benzene rings is 7. The van der Waals surface area contributed by atoms with E-state index in [1.54, 1.807) is 0 Å². The molecule has 2 nitrogen and oxygen atoms in total. The van der Waals surface area contributed by atoms with Crippen molar-refractivity contribution in [2.75, 3.05) is 0 Å². The SMILES string of the molecule is c1ccc(-c2cc(-c3ccc(-n4c5ccccc5c5c6sc7ccccc7c6c6c7ccccc7sc6c54)cc3)cc(-c3ccccc3)n2)cc1. The van der Waals surface area contributed by atoms with Crippen LogP contribution in [-0.4, -0.2) is 9.55 Å². The Morgan fingerprint density at radius 1 is 0.392 bits per heavy atom. The molecule has 0 unspecified atom stereocenters. The summed E-state index contributed by atoms with van der Waals surface area (Å²) in [5, 5.41) is 8.07. The Labute approximate surface area is 302 Å². The third-order valence-electron chi connectivity index (χ3n) is 10.2. The highest BCUT2D eigenvalue weighted by atomic mass is 32.1. The number of pyridine rings is 1. The molecular weight excluding hydrogens is 657 g/mol. The lowest BCUT2D eigenvalue weighted by atomic mass is 9.99. The minimum Gasteiger partial charge on any atom is -0.308 e. The molecule has 4 heteroatoms. The molecule has 4 heterocycles. The lowest BCUT2D eigenvalue weighted by Gasteiger charge is -2.12. The van der Waals surface area contributed by atoms with Crippen LogP contribution in [0.5, 0.6) is 0 Å². The zero-order chi connectivity index (χ0) is 33.5. The van der Waals surface area contributed by atoms with Crippen LogP contribution in [-0.2, 0) is 0 Å². The van der Waals surface area contributed by atoms with Gasteiger partial charge in [-0.1, -0.05) is 127 Å². The van der Waals surface area contributed by atoms with Gasteiger partial charge in [-0.2, -0.15) is 0 Å². The van der Waals surface area contributed by atoms with Gasteiger partial charge in [0.1, 0.15) is 0 Å². The fraction of sp³-hybridized carbons (Fsp3) is 0. The smallest absolute Gasteiger partial charge is 0.0734 e. The largest absolute Gasteiger partial charge is 0.308 e. The van der Waals surface area contributed by atoms with Crippen LogP contribution >= 0.6 is 22.7 Å². The van der Waals surface area contributed by atoms with Crippen LogP contribution in [0.4, 0.5) is 0 Å². The first kappa shape index (κ1) is 28.7. The van der Waals surface area contributed by atoms with Crippen molar-refractivity contribution < 1.29 is 0 Å². The van der Waals surface area contributed by atoms with Gasteiger partial charge in [-0.25, -0.2) is 4.98 Å². The Morgan fingerprint density at radius 2 is 0.902 bits per heavy atom. The minimum absolute atomic E-state index is 0.970. The number of hydrogen-bond acceptors (Lipinski definition) is 3. The monoisotopic (exact) mass is 684 g/mol. The standard InChI is InChI=1S/C47H28N2S2/c1-3-13-30(14-4-1)37-27-32(28-38(48-37)31-15-5-2-6-16-31)29-23-25-33(26-24-29)49-39-20-10-7-17-34(39)44-45(49)47-43(36-19-9-12-22-41(36)51-47)42-35-18-8-11-21-40(35)50-46(42)44/h1-28H. The average Bonchev–Trinajstić information content (AvgIpc) is 3.88. The van der Waals surface area contributed by atoms with E-state index in [-0.39, 0.29) is 0 Å². The second-order valence-corrected chi connectivity index (χ2v) is 15.2. The van der Waals surface area contributed by atoms with Crippen molar-refractivity contribution in [3.63, 3.8) is 0 Å². The second kappa shape index (κ2) is 11.2. The predicted molar refractivity (Wildman–Crippen MR) is 221 cm³/mol. The van der Waals surface area contributed by atoms with Crippen molar-refractivity contribution >= 4 is 84.8 Å². The van der Waals surface area contributed by atoms with Gasteiger partial charge in [0.15, 0.2) is 0 Å². The number of fused-ring (bicyclic) bond motifs is 12. The molecule has 0 N–H and O–H groups in total. The van der Waals surface area contributed by atoms with E-state index in [0.29, 0.717) is 0 Å². The van der Waals surface area contributed by atoms with Gasteiger partial charge in [-0.05, 0) is 53.6 Å². The molecule has 7 aromatic carbocycles. The summed E-state index contributed by atoms with van der Waals surface area (Å²) in [6.07, 6.45) is 0. The van der Waals surface area contributed by atoms with Crippen molar-refractivity contribution in [2.24, 2.45) is 0 Å². The zero-order valence-electron chi connectivity index (χ0n) is 27.4. The molecule has 0 aliphatic rings. The highest BCUT2D eigenvalue weighted by Gasteiger charge is 2.24. The predicted octanol–water partition coefficient (Wildman–Crippen LogP) is 13.9. The van der Waals surface area contributed by atoms with Crippen molar-refractivity contribution in [3.05, 3.63) is 170 Å². The maximum Gasteiger partial charge on any atom is 0.0734 e. The first-order valence-corrected chi connectivity index (χ1v) is 18.8. The summed E-state index contributed by atoms with van der Waals surface area (Å²) < 4.78 is 7.88. The van der Waals surface area contributed by atoms with Gasteiger partial charge in [0.25, 0.3) is 0 Å². The normalized spacial score (nSPS) is 11.9. The molecule has 0 saturated carbocycles. The summed E-state index contributed by atoms with van der Waals surface area (Å²) in [6, 6.07) is 61.3. The summed E-state index contributed by atoms with van der Waals surface area (Å²) in [4.78, 5) is 5.11. The molecule has 4 aromatic heterocycles. The number of para-hydroxylation sites is 1. The highest BCUT2D eigenvalue weighted by molar-refractivity contribution is 7.29. The molecule has 0 bridgehead atoms. The quantitative estimate of drug-likeness (QED) is 0.180. The third kappa shape index (κ3) is 4.37. The van der Waals surface area contributed by atoms with E-state index in [1.807, 2.05) is 22.7 Å². The molecule has 51 heavy (non-hydrogen) atoms. The van der Waals surface area contributed by atoms with Crippen LogP contribution in [0, 0.1) is 0 Å².